The van der Waals surface area contributed by atoms with E-state index in [-0.39, 0.29) is 31.4 Å². The number of aryl methyl sites for hydroxylation is 2. The first-order valence-corrected chi connectivity index (χ1v) is 11.8. The van der Waals surface area contributed by atoms with E-state index in [2.05, 4.69) is 10.2 Å². The third kappa shape index (κ3) is 5.68. The van der Waals surface area contributed by atoms with E-state index in [1.54, 1.807) is 23.1 Å². The van der Waals surface area contributed by atoms with Crippen LogP contribution in [0.15, 0.2) is 24.3 Å². The Bertz CT molecular complexity index is 1000. The number of hydrogen-bond acceptors (Lipinski definition) is 5. The van der Waals surface area contributed by atoms with E-state index >= 15 is 0 Å². The molecule has 3 heterocycles. The summed E-state index contributed by atoms with van der Waals surface area (Å²) in [5.41, 5.74) is 1.14. The Labute approximate surface area is 199 Å². The first-order chi connectivity index (χ1) is 15.8. The third-order valence-corrected chi connectivity index (χ3v) is 6.70. The Hall–Kier alpha value is -2.58. The zero-order valence-corrected chi connectivity index (χ0v) is 20.0. The van der Waals surface area contributed by atoms with Crippen molar-refractivity contribution in [3.05, 3.63) is 46.2 Å². The second-order valence-corrected chi connectivity index (χ2v) is 9.42. The minimum atomic E-state index is -0.943. The molecular weight excluding hydrogens is 444 g/mol. The van der Waals surface area contributed by atoms with Crippen LogP contribution in [0.1, 0.15) is 47.4 Å². The highest BCUT2D eigenvalue weighted by Crippen LogP contribution is 2.28. The number of hydrogen-bond donors (Lipinski definition) is 1. The Balaban J connectivity index is 1.53. The molecule has 1 N–H and O–H groups in total. The van der Waals surface area contributed by atoms with Gasteiger partial charge in [0.2, 0.25) is 5.91 Å². The number of benzene rings is 1. The van der Waals surface area contributed by atoms with Gasteiger partial charge < -0.3 is 19.3 Å². The van der Waals surface area contributed by atoms with Gasteiger partial charge in [-0.25, -0.2) is 0 Å². The lowest BCUT2D eigenvalue weighted by molar-refractivity contribution is -0.153. The van der Waals surface area contributed by atoms with Gasteiger partial charge in [0.05, 0.1) is 19.6 Å². The maximum atomic E-state index is 13.2. The first-order valence-electron chi connectivity index (χ1n) is 11.5. The smallest absolute Gasteiger partial charge is 0.274 e. The molecule has 2 aromatic rings. The minimum absolute atomic E-state index is 0.0375. The van der Waals surface area contributed by atoms with Crippen molar-refractivity contribution in [1.82, 2.24) is 20.0 Å². The number of H-pyrrole nitrogens is 1. The highest BCUT2D eigenvalue weighted by Gasteiger charge is 2.43. The number of halogens is 1. The van der Waals surface area contributed by atoms with Crippen LogP contribution >= 0.6 is 11.6 Å². The highest BCUT2D eigenvalue weighted by molar-refractivity contribution is 6.31. The number of aromatic amines is 1. The summed E-state index contributed by atoms with van der Waals surface area (Å²) in [6.07, 6.45) is 3.34. The van der Waals surface area contributed by atoms with Crippen LogP contribution in [0.3, 0.4) is 0 Å². The first kappa shape index (κ1) is 23.6. The quantitative estimate of drug-likeness (QED) is 0.693. The lowest BCUT2D eigenvalue weighted by atomic mass is 9.96. The van der Waals surface area contributed by atoms with Crippen LogP contribution in [-0.4, -0.2) is 76.8 Å². The molecule has 9 heteroatoms. The topological polar surface area (TPSA) is 87.8 Å². The Kier molecular flexibility index (Phi) is 7.24. The molecule has 1 aromatic carbocycles. The monoisotopic (exact) mass is 474 g/mol. The number of morpholine rings is 1. The zero-order valence-electron chi connectivity index (χ0n) is 19.2. The average molecular weight is 475 g/mol. The second-order valence-electron chi connectivity index (χ2n) is 9.01. The summed E-state index contributed by atoms with van der Waals surface area (Å²) in [6.45, 7) is 6.46. The molecule has 33 heavy (non-hydrogen) atoms. The van der Waals surface area contributed by atoms with Crippen LogP contribution in [0.25, 0.3) is 0 Å². The number of amides is 2. The Morgan fingerprint density at radius 2 is 1.94 bits per heavy atom. The largest absolute Gasteiger partial charge is 0.490 e. The van der Waals surface area contributed by atoms with E-state index in [1.165, 1.54) is 0 Å². The summed E-state index contributed by atoms with van der Waals surface area (Å²) in [5.74, 6) is 0.506. The van der Waals surface area contributed by atoms with Crippen LogP contribution in [0.4, 0.5) is 0 Å². The van der Waals surface area contributed by atoms with Gasteiger partial charge in [0.25, 0.3) is 5.91 Å². The van der Waals surface area contributed by atoms with Crippen molar-refractivity contribution in [1.29, 1.82) is 0 Å². The number of nitrogens with one attached hydrogen (secondary N) is 1. The van der Waals surface area contributed by atoms with Gasteiger partial charge in [0.1, 0.15) is 23.7 Å². The number of nitrogens with zero attached hydrogens (tertiary/aromatic N) is 3. The van der Waals surface area contributed by atoms with Gasteiger partial charge in [-0.1, -0.05) is 11.6 Å². The van der Waals surface area contributed by atoms with E-state index < -0.39 is 5.60 Å². The normalized spacial score (nSPS) is 21.2. The molecule has 2 amide bonds. The van der Waals surface area contributed by atoms with Crippen molar-refractivity contribution in [2.45, 2.75) is 45.1 Å². The van der Waals surface area contributed by atoms with E-state index in [4.69, 9.17) is 21.1 Å². The molecule has 0 spiro atoms. The molecule has 0 radical (unpaired) electrons. The van der Waals surface area contributed by atoms with Crippen LogP contribution in [-0.2, 0) is 9.53 Å². The fraction of sp³-hybridized carbons (Fsp3) is 0.542. The third-order valence-electron chi connectivity index (χ3n) is 6.27. The van der Waals surface area contributed by atoms with Gasteiger partial charge in [-0.15, -0.1) is 0 Å². The average Bonchev–Trinajstić information content (AvgIpc) is 3.26. The van der Waals surface area contributed by atoms with Crippen molar-refractivity contribution in [3.8, 4) is 5.75 Å². The molecule has 2 saturated heterocycles. The van der Waals surface area contributed by atoms with E-state index in [0.717, 1.165) is 43.6 Å². The summed E-state index contributed by atoms with van der Waals surface area (Å²) < 4.78 is 12.3. The van der Waals surface area contributed by atoms with Gasteiger partial charge >= 0.3 is 0 Å². The van der Waals surface area contributed by atoms with Crippen molar-refractivity contribution >= 4 is 23.4 Å². The van der Waals surface area contributed by atoms with E-state index in [0.29, 0.717) is 29.6 Å². The maximum absolute atomic E-state index is 13.2. The standard InChI is InChI=1S/C24H31ClN4O4/c1-17-12-19(6-7-20(17)25)32-16-24(14-22(30)28-8-4-3-5-9-28)15-29(10-11-33-24)23(31)21-13-18(2)26-27-21/h6-7,12-13H,3-5,8-11,14-16H2,1-2H3,(H,26,27)/t24-/m1/s1. The number of likely N-dealkylation sites (tertiary alicyclic amines) is 1. The molecular formula is C24H31ClN4O4. The van der Waals surface area contributed by atoms with Gasteiger partial charge in [0.15, 0.2) is 0 Å². The number of aromatic nitrogens is 2. The number of carbonyl (C=O) groups excluding carboxylic acids is 2. The number of carbonyl (C=O) groups is 2. The number of piperidine rings is 1. The fourth-order valence-corrected chi connectivity index (χ4v) is 4.52. The van der Waals surface area contributed by atoms with Crippen LogP contribution in [0, 0.1) is 13.8 Å². The Morgan fingerprint density at radius 1 is 1.15 bits per heavy atom. The molecule has 0 aliphatic carbocycles. The summed E-state index contributed by atoms with van der Waals surface area (Å²) in [5, 5.41) is 7.59. The highest BCUT2D eigenvalue weighted by atomic mass is 35.5. The van der Waals surface area contributed by atoms with E-state index in [1.807, 2.05) is 24.8 Å². The maximum Gasteiger partial charge on any atom is 0.274 e. The van der Waals surface area contributed by atoms with Crippen molar-refractivity contribution in [2.24, 2.45) is 0 Å². The van der Waals surface area contributed by atoms with Crippen molar-refractivity contribution < 1.29 is 19.1 Å². The Morgan fingerprint density at radius 3 is 2.64 bits per heavy atom. The lowest BCUT2D eigenvalue weighted by Gasteiger charge is -2.43. The minimum Gasteiger partial charge on any atom is -0.490 e. The molecule has 0 unspecified atom stereocenters. The van der Waals surface area contributed by atoms with Crippen LogP contribution < -0.4 is 4.74 Å². The van der Waals surface area contributed by atoms with Gasteiger partial charge in [-0.2, -0.15) is 5.10 Å². The second kappa shape index (κ2) is 10.1. The molecule has 178 valence electrons. The molecule has 8 nitrogen and oxygen atoms in total. The molecule has 0 saturated carbocycles. The van der Waals surface area contributed by atoms with Crippen molar-refractivity contribution in [3.63, 3.8) is 0 Å². The molecule has 1 atom stereocenters. The molecule has 2 fully saturated rings. The number of rotatable bonds is 6. The summed E-state index contributed by atoms with van der Waals surface area (Å²) in [6, 6.07) is 7.18. The molecule has 2 aliphatic heterocycles. The molecule has 0 bridgehead atoms. The lowest BCUT2D eigenvalue weighted by Crippen LogP contribution is -2.58. The summed E-state index contributed by atoms with van der Waals surface area (Å²) >= 11 is 6.14. The van der Waals surface area contributed by atoms with Crippen LogP contribution in [0.5, 0.6) is 5.75 Å². The summed E-state index contributed by atoms with van der Waals surface area (Å²) in [4.78, 5) is 29.9. The zero-order chi connectivity index (χ0) is 23.4. The SMILES string of the molecule is Cc1cc(C(=O)N2CCO[C@](COc3ccc(Cl)c(C)c3)(CC(=O)N3CCCCC3)C2)n[nH]1. The molecule has 2 aliphatic rings. The molecule has 1 aromatic heterocycles. The van der Waals surface area contributed by atoms with Gasteiger partial charge in [0, 0.05) is 30.4 Å². The molecule has 4 rings (SSSR count). The predicted octanol–water partition coefficient (Wildman–Crippen LogP) is 3.37. The van der Waals surface area contributed by atoms with Gasteiger partial charge in [-0.3, -0.25) is 14.7 Å². The van der Waals surface area contributed by atoms with E-state index in [9.17, 15) is 9.59 Å². The predicted molar refractivity (Wildman–Crippen MR) is 125 cm³/mol. The van der Waals surface area contributed by atoms with Crippen LogP contribution in [0.2, 0.25) is 5.02 Å². The van der Waals surface area contributed by atoms with Crippen molar-refractivity contribution in [2.75, 3.05) is 39.4 Å². The summed E-state index contributed by atoms with van der Waals surface area (Å²) in [7, 11) is 0. The fourth-order valence-electron chi connectivity index (χ4n) is 4.41. The van der Waals surface area contributed by atoms with Gasteiger partial charge in [-0.05, 0) is 62.9 Å². The number of ether oxygens (including phenoxy) is 2.